The molecule has 4 nitrogen and oxygen atoms in total. The molecule has 0 saturated carbocycles. The lowest BCUT2D eigenvalue weighted by Gasteiger charge is -2.28. The quantitative estimate of drug-likeness (QED) is 0.321. The Balaban J connectivity index is 1.66. The lowest BCUT2D eigenvalue weighted by Crippen LogP contribution is -2.40. The Labute approximate surface area is 192 Å². The van der Waals surface area contributed by atoms with Crippen molar-refractivity contribution in [3.05, 3.63) is 99.0 Å². The van der Waals surface area contributed by atoms with Crippen molar-refractivity contribution in [3.63, 3.8) is 0 Å². The Morgan fingerprint density at radius 3 is 2.13 bits per heavy atom. The van der Waals surface area contributed by atoms with Gasteiger partial charge in [-0.15, -0.1) is 0 Å². The van der Waals surface area contributed by atoms with Crippen molar-refractivity contribution < 1.29 is 9.59 Å². The Bertz CT molecular complexity index is 1380. The van der Waals surface area contributed by atoms with Gasteiger partial charge in [0.05, 0.1) is 26.4 Å². The molecule has 7 heteroatoms. The van der Waals surface area contributed by atoms with Crippen LogP contribution in [0.2, 0.25) is 15.1 Å². The first-order valence-corrected chi connectivity index (χ1v) is 10.5. The molecule has 0 radical (unpaired) electrons. The molecule has 5 rings (SSSR count). The van der Waals surface area contributed by atoms with Crippen LogP contribution in [0.4, 0.5) is 17.1 Å². The molecule has 1 N–H and O–H groups in total. The maximum absolute atomic E-state index is 13.3. The number of nitrogens with one attached hydrogen (secondary N) is 1. The number of nitrogens with zero attached hydrogens (tertiary/aromatic N) is 1. The number of hydrogen-bond donors (Lipinski definition) is 1. The lowest BCUT2D eigenvalue weighted by molar-refractivity contribution is 0.0893. The number of rotatable bonds is 3. The topological polar surface area (TPSA) is 49.4 Å². The van der Waals surface area contributed by atoms with Gasteiger partial charge in [-0.05, 0) is 48.5 Å². The number of carbonyl (C=O) groups is 2. The molecule has 1 heterocycles. The second-order valence-corrected chi connectivity index (χ2v) is 8.26. The van der Waals surface area contributed by atoms with Crippen molar-refractivity contribution in [2.75, 3.05) is 10.2 Å². The van der Waals surface area contributed by atoms with Crippen molar-refractivity contribution in [1.29, 1.82) is 0 Å². The van der Waals surface area contributed by atoms with Gasteiger partial charge in [-0.25, -0.2) is 4.90 Å². The van der Waals surface area contributed by atoms with Crippen molar-refractivity contribution in [2.24, 2.45) is 0 Å². The summed E-state index contributed by atoms with van der Waals surface area (Å²) in [6.07, 6.45) is 0. The average Bonchev–Trinajstić information content (AvgIpc) is 2.77. The molecule has 0 bridgehead atoms. The van der Waals surface area contributed by atoms with E-state index in [9.17, 15) is 9.59 Å². The van der Waals surface area contributed by atoms with Gasteiger partial charge in [0.2, 0.25) is 0 Å². The molecule has 2 amide bonds. The number of amides is 2. The fraction of sp³-hybridized carbons (Fsp3) is 0. The smallest absolute Gasteiger partial charge is 0.265 e. The SMILES string of the molecule is O=C1c2cccc3c(Nc4ccccc4Cl)ccc(c23)C(=O)N1c1ccc(Cl)c(Cl)c1. The van der Waals surface area contributed by atoms with Crippen molar-refractivity contribution in [2.45, 2.75) is 0 Å². The minimum atomic E-state index is -0.420. The monoisotopic (exact) mass is 466 g/mol. The van der Waals surface area contributed by atoms with E-state index in [2.05, 4.69) is 5.32 Å². The molecule has 152 valence electrons. The molecule has 0 unspecified atom stereocenters. The summed E-state index contributed by atoms with van der Waals surface area (Å²) < 4.78 is 0. The first-order chi connectivity index (χ1) is 15.0. The predicted molar refractivity (Wildman–Crippen MR) is 126 cm³/mol. The van der Waals surface area contributed by atoms with Crippen LogP contribution in [0.25, 0.3) is 10.8 Å². The molecule has 0 saturated heterocycles. The van der Waals surface area contributed by atoms with E-state index in [4.69, 9.17) is 34.8 Å². The maximum atomic E-state index is 13.3. The van der Waals surface area contributed by atoms with Gasteiger partial charge in [-0.3, -0.25) is 9.59 Å². The van der Waals surface area contributed by atoms with Gasteiger partial charge in [0.1, 0.15) is 0 Å². The highest BCUT2D eigenvalue weighted by atomic mass is 35.5. The van der Waals surface area contributed by atoms with Gasteiger partial charge in [-0.2, -0.15) is 0 Å². The van der Waals surface area contributed by atoms with E-state index in [0.29, 0.717) is 32.2 Å². The molecule has 1 aliphatic heterocycles. The largest absolute Gasteiger partial charge is 0.354 e. The van der Waals surface area contributed by atoms with Crippen LogP contribution in [0.3, 0.4) is 0 Å². The normalized spacial score (nSPS) is 13.1. The van der Waals surface area contributed by atoms with Gasteiger partial charge in [0, 0.05) is 27.6 Å². The summed E-state index contributed by atoms with van der Waals surface area (Å²) in [5.41, 5.74) is 2.71. The van der Waals surface area contributed by atoms with Crippen molar-refractivity contribution in [3.8, 4) is 0 Å². The van der Waals surface area contributed by atoms with Gasteiger partial charge < -0.3 is 5.32 Å². The second-order valence-electron chi connectivity index (χ2n) is 7.04. The first kappa shape index (κ1) is 19.9. The third-order valence-electron chi connectivity index (χ3n) is 5.21. The van der Waals surface area contributed by atoms with E-state index >= 15 is 0 Å². The highest BCUT2D eigenvalue weighted by molar-refractivity contribution is 6.43. The Kier molecular flexibility index (Phi) is 4.86. The number of imide groups is 1. The number of carbonyl (C=O) groups excluding carboxylic acids is 2. The van der Waals surface area contributed by atoms with Crippen LogP contribution in [0, 0.1) is 0 Å². The van der Waals surface area contributed by atoms with Gasteiger partial charge in [-0.1, -0.05) is 59.1 Å². The molecule has 4 aromatic rings. The molecule has 0 aromatic heterocycles. The highest BCUT2D eigenvalue weighted by Gasteiger charge is 2.34. The van der Waals surface area contributed by atoms with E-state index in [-0.39, 0.29) is 5.02 Å². The van der Waals surface area contributed by atoms with Crippen LogP contribution < -0.4 is 10.2 Å². The van der Waals surface area contributed by atoms with Crippen molar-refractivity contribution in [1.82, 2.24) is 0 Å². The summed E-state index contributed by atoms with van der Waals surface area (Å²) in [6.45, 7) is 0. The molecule has 31 heavy (non-hydrogen) atoms. The van der Waals surface area contributed by atoms with Crippen LogP contribution in [-0.2, 0) is 0 Å². The summed E-state index contributed by atoms with van der Waals surface area (Å²) in [6, 6.07) is 20.9. The zero-order chi connectivity index (χ0) is 21.7. The third kappa shape index (κ3) is 3.24. The Hall–Kier alpha value is -3.05. The summed E-state index contributed by atoms with van der Waals surface area (Å²) in [5.74, 6) is -0.840. The predicted octanol–water partition coefficient (Wildman–Crippen LogP) is 7.34. The molecule has 0 spiro atoms. The molecular formula is C24H13Cl3N2O2. The van der Waals surface area contributed by atoms with Crippen molar-refractivity contribution >= 4 is 74.5 Å². The standard InChI is InChI=1S/C24H13Cl3N2O2/c25-17-10-8-13(12-19(17)27)29-23(30)15-5-3-4-14-20(11-9-16(22(14)15)24(29)31)28-21-7-2-1-6-18(21)26/h1-12,28H. The van der Waals surface area contributed by atoms with E-state index in [1.54, 1.807) is 36.4 Å². The number of halogens is 3. The summed E-state index contributed by atoms with van der Waals surface area (Å²) in [4.78, 5) is 27.8. The van der Waals surface area contributed by atoms with Crippen LogP contribution in [-0.4, -0.2) is 11.8 Å². The van der Waals surface area contributed by atoms with Crippen LogP contribution in [0.1, 0.15) is 20.7 Å². The van der Waals surface area contributed by atoms with Crippen LogP contribution in [0.5, 0.6) is 0 Å². The number of anilines is 3. The molecule has 0 aliphatic carbocycles. The summed E-state index contributed by atoms with van der Waals surface area (Å²) in [5, 5.41) is 5.85. The molecule has 0 atom stereocenters. The van der Waals surface area contributed by atoms with Crippen LogP contribution >= 0.6 is 34.8 Å². The fourth-order valence-electron chi connectivity index (χ4n) is 3.77. The van der Waals surface area contributed by atoms with Crippen LogP contribution in [0.15, 0.2) is 72.8 Å². The van der Waals surface area contributed by atoms with E-state index in [1.165, 1.54) is 6.07 Å². The van der Waals surface area contributed by atoms with E-state index in [1.807, 2.05) is 30.3 Å². The van der Waals surface area contributed by atoms with E-state index in [0.717, 1.165) is 21.7 Å². The Morgan fingerprint density at radius 1 is 0.645 bits per heavy atom. The zero-order valence-corrected chi connectivity index (χ0v) is 18.1. The Morgan fingerprint density at radius 2 is 1.39 bits per heavy atom. The summed E-state index contributed by atoms with van der Waals surface area (Å²) in [7, 11) is 0. The molecular weight excluding hydrogens is 455 g/mol. The zero-order valence-electron chi connectivity index (χ0n) is 15.8. The van der Waals surface area contributed by atoms with Gasteiger partial charge in [0.25, 0.3) is 11.8 Å². The molecule has 0 fully saturated rings. The summed E-state index contributed by atoms with van der Waals surface area (Å²) >= 11 is 18.4. The maximum Gasteiger partial charge on any atom is 0.265 e. The first-order valence-electron chi connectivity index (χ1n) is 9.37. The van der Waals surface area contributed by atoms with Gasteiger partial charge in [0.15, 0.2) is 0 Å². The minimum absolute atomic E-state index is 0.267. The number of para-hydroxylation sites is 1. The highest BCUT2D eigenvalue weighted by Crippen LogP contribution is 2.38. The molecule has 4 aromatic carbocycles. The average molecular weight is 468 g/mol. The van der Waals surface area contributed by atoms with Gasteiger partial charge >= 0.3 is 0 Å². The molecule has 1 aliphatic rings. The third-order valence-corrected chi connectivity index (χ3v) is 6.28. The number of hydrogen-bond acceptors (Lipinski definition) is 3. The second kappa shape index (κ2) is 7.57. The number of benzene rings is 4. The minimum Gasteiger partial charge on any atom is -0.354 e. The fourth-order valence-corrected chi connectivity index (χ4v) is 4.25. The van der Waals surface area contributed by atoms with E-state index < -0.39 is 11.8 Å². The lowest BCUT2D eigenvalue weighted by atomic mass is 9.92.